The van der Waals surface area contributed by atoms with E-state index in [9.17, 15) is 4.39 Å². The molecule has 1 fully saturated rings. The summed E-state index contributed by atoms with van der Waals surface area (Å²) in [4.78, 5) is 0. The third kappa shape index (κ3) is 3.02. The van der Waals surface area contributed by atoms with Crippen molar-refractivity contribution in [3.63, 3.8) is 0 Å². The zero-order valence-corrected chi connectivity index (χ0v) is 11.1. The van der Waals surface area contributed by atoms with E-state index >= 15 is 0 Å². The van der Waals surface area contributed by atoms with E-state index in [-0.39, 0.29) is 5.82 Å². The van der Waals surface area contributed by atoms with Crippen molar-refractivity contribution in [3.05, 3.63) is 59.4 Å². The SMILES string of the molecule is Cc1cccc(-c2cc(F)ccc2CNC2CC2)c1. The average molecular weight is 255 g/mol. The van der Waals surface area contributed by atoms with Gasteiger partial charge in [0.15, 0.2) is 0 Å². The van der Waals surface area contributed by atoms with Gasteiger partial charge in [0.2, 0.25) is 0 Å². The van der Waals surface area contributed by atoms with Gasteiger partial charge >= 0.3 is 0 Å². The van der Waals surface area contributed by atoms with Crippen LogP contribution in [0.2, 0.25) is 0 Å². The molecule has 0 aliphatic heterocycles. The number of hydrogen-bond acceptors (Lipinski definition) is 1. The molecule has 19 heavy (non-hydrogen) atoms. The Morgan fingerprint density at radius 2 is 2.00 bits per heavy atom. The third-order valence-electron chi connectivity index (χ3n) is 3.56. The van der Waals surface area contributed by atoms with E-state index in [1.54, 1.807) is 12.1 Å². The molecule has 1 nitrogen and oxygen atoms in total. The van der Waals surface area contributed by atoms with Gasteiger partial charge in [0.05, 0.1) is 0 Å². The summed E-state index contributed by atoms with van der Waals surface area (Å²) >= 11 is 0. The van der Waals surface area contributed by atoms with Crippen LogP contribution in [0.3, 0.4) is 0 Å². The smallest absolute Gasteiger partial charge is 0.123 e. The molecule has 0 heterocycles. The van der Waals surface area contributed by atoms with Gasteiger partial charge in [-0.3, -0.25) is 0 Å². The molecule has 2 aromatic carbocycles. The number of aryl methyl sites for hydroxylation is 1. The summed E-state index contributed by atoms with van der Waals surface area (Å²) in [6.45, 7) is 2.87. The van der Waals surface area contributed by atoms with Gasteiger partial charge in [-0.1, -0.05) is 35.9 Å². The van der Waals surface area contributed by atoms with Crippen molar-refractivity contribution >= 4 is 0 Å². The molecule has 1 N–H and O–H groups in total. The van der Waals surface area contributed by atoms with Crippen LogP contribution in [0.5, 0.6) is 0 Å². The zero-order chi connectivity index (χ0) is 13.2. The first kappa shape index (κ1) is 12.4. The molecule has 0 saturated heterocycles. The highest BCUT2D eigenvalue weighted by Crippen LogP contribution is 2.27. The molecule has 0 spiro atoms. The fourth-order valence-electron chi connectivity index (χ4n) is 2.33. The normalized spacial score (nSPS) is 14.6. The molecule has 0 bridgehead atoms. The van der Waals surface area contributed by atoms with Crippen LogP contribution >= 0.6 is 0 Å². The molecule has 0 aromatic heterocycles. The highest BCUT2D eigenvalue weighted by Gasteiger charge is 2.20. The topological polar surface area (TPSA) is 12.0 Å². The maximum Gasteiger partial charge on any atom is 0.123 e. The third-order valence-corrected chi connectivity index (χ3v) is 3.56. The van der Waals surface area contributed by atoms with Crippen molar-refractivity contribution in [1.29, 1.82) is 0 Å². The van der Waals surface area contributed by atoms with Crippen LogP contribution in [0.1, 0.15) is 24.0 Å². The van der Waals surface area contributed by atoms with E-state index in [0.29, 0.717) is 6.04 Å². The van der Waals surface area contributed by atoms with Crippen LogP contribution in [0.4, 0.5) is 4.39 Å². The van der Waals surface area contributed by atoms with Gasteiger partial charge in [-0.05, 0) is 48.6 Å². The first-order valence-corrected chi connectivity index (χ1v) is 6.81. The number of rotatable bonds is 4. The summed E-state index contributed by atoms with van der Waals surface area (Å²) in [5.74, 6) is -0.174. The van der Waals surface area contributed by atoms with Crippen molar-refractivity contribution < 1.29 is 4.39 Å². The first-order chi connectivity index (χ1) is 9.22. The Balaban J connectivity index is 1.94. The maximum atomic E-state index is 13.5. The molecule has 3 rings (SSSR count). The monoisotopic (exact) mass is 255 g/mol. The van der Waals surface area contributed by atoms with Gasteiger partial charge in [0, 0.05) is 12.6 Å². The van der Waals surface area contributed by atoms with E-state index in [1.165, 1.54) is 24.0 Å². The second kappa shape index (κ2) is 5.14. The van der Waals surface area contributed by atoms with Crippen LogP contribution in [-0.4, -0.2) is 6.04 Å². The molecule has 1 aliphatic rings. The van der Waals surface area contributed by atoms with Crippen LogP contribution in [0.15, 0.2) is 42.5 Å². The molecule has 1 aliphatic carbocycles. The Hall–Kier alpha value is -1.67. The first-order valence-electron chi connectivity index (χ1n) is 6.81. The van der Waals surface area contributed by atoms with Crippen LogP contribution in [0, 0.1) is 12.7 Å². The lowest BCUT2D eigenvalue weighted by Gasteiger charge is -2.11. The maximum absolute atomic E-state index is 13.5. The van der Waals surface area contributed by atoms with Crippen LogP contribution < -0.4 is 5.32 Å². The molecule has 0 amide bonds. The van der Waals surface area contributed by atoms with Crippen molar-refractivity contribution in [1.82, 2.24) is 5.32 Å². The zero-order valence-electron chi connectivity index (χ0n) is 11.1. The van der Waals surface area contributed by atoms with E-state index in [2.05, 4.69) is 24.4 Å². The van der Waals surface area contributed by atoms with Gasteiger partial charge in [-0.2, -0.15) is 0 Å². The second-order valence-electron chi connectivity index (χ2n) is 5.33. The Morgan fingerprint density at radius 3 is 2.74 bits per heavy atom. The van der Waals surface area contributed by atoms with E-state index in [0.717, 1.165) is 17.7 Å². The summed E-state index contributed by atoms with van der Waals surface area (Å²) in [5.41, 5.74) is 4.45. The van der Waals surface area contributed by atoms with Crippen LogP contribution in [0.25, 0.3) is 11.1 Å². The summed E-state index contributed by atoms with van der Waals surface area (Å²) in [7, 11) is 0. The van der Waals surface area contributed by atoms with Crippen LogP contribution in [-0.2, 0) is 6.54 Å². The molecule has 2 aromatic rings. The number of hydrogen-bond donors (Lipinski definition) is 1. The minimum Gasteiger partial charge on any atom is -0.310 e. The van der Waals surface area contributed by atoms with E-state index in [4.69, 9.17) is 0 Å². The molecule has 2 heteroatoms. The van der Waals surface area contributed by atoms with Gasteiger partial charge in [-0.25, -0.2) is 4.39 Å². The second-order valence-corrected chi connectivity index (χ2v) is 5.33. The molecular weight excluding hydrogens is 237 g/mol. The summed E-state index contributed by atoms with van der Waals surface area (Å²) in [6, 6.07) is 14.0. The van der Waals surface area contributed by atoms with Gasteiger partial charge in [0.25, 0.3) is 0 Å². The van der Waals surface area contributed by atoms with Crippen molar-refractivity contribution in [2.24, 2.45) is 0 Å². The quantitative estimate of drug-likeness (QED) is 0.869. The largest absolute Gasteiger partial charge is 0.310 e. The Morgan fingerprint density at radius 1 is 1.16 bits per heavy atom. The fraction of sp³-hybridized carbons (Fsp3) is 0.294. The molecule has 0 unspecified atom stereocenters. The lowest BCUT2D eigenvalue weighted by Crippen LogP contribution is -2.15. The van der Waals surface area contributed by atoms with Gasteiger partial charge in [0.1, 0.15) is 5.82 Å². The predicted molar refractivity (Wildman–Crippen MR) is 76.4 cm³/mol. The minimum atomic E-state index is -0.174. The highest BCUT2D eigenvalue weighted by molar-refractivity contribution is 5.68. The number of halogens is 1. The summed E-state index contributed by atoms with van der Waals surface area (Å²) < 4.78 is 13.5. The summed E-state index contributed by atoms with van der Waals surface area (Å²) in [5, 5.41) is 3.49. The van der Waals surface area contributed by atoms with E-state index in [1.807, 2.05) is 18.2 Å². The molecule has 0 atom stereocenters. The summed E-state index contributed by atoms with van der Waals surface area (Å²) in [6.07, 6.45) is 2.53. The van der Waals surface area contributed by atoms with Gasteiger partial charge < -0.3 is 5.32 Å². The average Bonchev–Trinajstić information content (AvgIpc) is 3.21. The molecule has 1 saturated carbocycles. The van der Waals surface area contributed by atoms with Crippen molar-refractivity contribution in [2.45, 2.75) is 32.4 Å². The lowest BCUT2D eigenvalue weighted by molar-refractivity contribution is 0.625. The van der Waals surface area contributed by atoms with Crippen molar-refractivity contribution in [3.8, 4) is 11.1 Å². The Kier molecular flexibility index (Phi) is 3.34. The predicted octanol–water partition coefficient (Wildman–Crippen LogP) is 4.05. The molecular formula is C17H18FN. The highest BCUT2D eigenvalue weighted by atomic mass is 19.1. The van der Waals surface area contributed by atoms with Gasteiger partial charge in [-0.15, -0.1) is 0 Å². The molecule has 0 radical (unpaired) electrons. The number of nitrogens with one attached hydrogen (secondary N) is 1. The fourth-order valence-corrected chi connectivity index (χ4v) is 2.33. The number of benzene rings is 2. The standard InChI is InChI=1S/C17H18FN/c1-12-3-2-4-13(9-12)17-10-15(18)6-5-14(17)11-19-16-7-8-16/h2-6,9-10,16,19H,7-8,11H2,1H3. The van der Waals surface area contributed by atoms with E-state index < -0.39 is 0 Å². The Labute approximate surface area is 113 Å². The Bertz CT molecular complexity index is 588. The lowest BCUT2D eigenvalue weighted by atomic mass is 9.98. The molecule has 98 valence electrons. The minimum absolute atomic E-state index is 0.174. The van der Waals surface area contributed by atoms with Crippen molar-refractivity contribution in [2.75, 3.05) is 0 Å².